The van der Waals surface area contributed by atoms with Crippen molar-refractivity contribution in [3.63, 3.8) is 0 Å². The molecule has 0 bridgehead atoms. The summed E-state index contributed by atoms with van der Waals surface area (Å²) in [5, 5.41) is 0. The van der Waals surface area contributed by atoms with E-state index in [1.807, 2.05) is 11.8 Å². The summed E-state index contributed by atoms with van der Waals surface area (Å²) in [7, 11) is 0. The normalized spacial score (nSPS) is 11.5. The SMILES string of the molecule is CS/C(=C/c1ccccc1)[Se]c1ccccc1. The zero-order valence-corrected chi connectivity index (χ0v) is 12.2. The number of rotatable bonds is 4. The maximum atomic E-state index is 2.29. The second-order valence-corrected chi connectivity index (χ2v) is 7.26. The number of hydrogen-bond donors (Lipinski definition) is 0. The van der Waals surface area contributed by atoms with Gasteiger partial charge in [0.1, 0.15) is 0 Å². The molecular formula is C15H14SSe. The van der Waals surface area contributed by atoms with Gasteiger partial charge in [-0.05, 0) is 0 Å². The predicted molar refractivity (Wildman–Crippen MR) is 79.8 cm³/mol. The van der Waals surface area contributed by atoms with Crippen molar-refractivity contribution in [2.45, 2.75) is 0 Å². The van der Waals surface area contributed by atoms with Crippen LogP contribution in [0, 0.1) is 0 Å². The monoisotopic (exact) mass is 306 g/mol. The summed E-state index contributed by atoms with van der Waals surface area (Å²) in [5.41, 5.74) is 1.29. The van der Waals surface area contributed by atoms with Crippen LogP contribution in [0.4, 0.5) is 0 Å². The molecular weight excluding hydrogens is 291 g/mol. The zero-order chi connectivity index (χ0) is 11.9. The van der Waals surface area contributed by atoms with Crippen molar-refractivity contribution in [2.24, 2.45) is 0 Å². The zero-order valence-electron chi connectivity index (χ0n) is 9.67. The Labute approximate surface area is 113 Å². The molecule has 0 aliphatic heterocycles. The molecule has 0 aliphatic carbocycles. The van der Waals surface area contributed by atoms with Gasteiger partial charge in [0.25, 0.3) is 0 Å². The van der Waals surface area contributed by atoms with Crippen molar-refractivity contribution in [1.82, 2.24) is 0 Å². The van der Waals surface area contributed by atoms with Gasteiger partial charge in [0.2, 0.25) is 0 Å². The van der Waals surface area contributed by atoms with Crippen LogP contribution in [-0.4, -0.2) is 21.2 Å². The molecule has 0 amide bonds. The predicted octanol–water partition coefficient (Wildman–Crippen LogP) is 3.38. The van der Waals surface area contributed by atoms with Crippen LogP contribution in [0.3, 0.4) is 0 Å². The first-order valence-corrected chi connectivity index (χ1v) is 8.36. The first-order valence-electron chi connectivity index (χ1n) is 5.42. The van der Waals surface area contributed by atoms with Gasteiger partial charge in [0.05, 0.1) is 0 Å². The third-order valence-electron chi connectivity index (χ3n) is 2.25. The molecule has 86 valence electrons. The van der Waals surface area contributed by atoms with Crippen molar-refractivity contribution in [2.75, 3.05) is 6.26 Å². The van der Waals surface area contributed by atoms with Gasteiger partial charge in [-0.1, -0.05) is 0 Å². The fourth-order valence-electron chi connectivity index (χ4n) is 1.42. The Morgan fingerprint density at radius 3 is 2.12 bits per heavy atom. The van der Waals surface area contributed by atoms with Crippen LogP contribution in [0.25, 0.3) is 6.08 Å². The standard InChI is InChI=1S/C15H14SSe/c1-16-15(12-13-8-4-2-5-9-13)17-14-10-6-3-7-11-14/h2-12H,1H3/b15-12-. The van der Waals surface area contributed by atoms with Crippen LogP contribution in [-0.2, 0) is 0 Å². The van der Waals surface area contributed by atoms with Gasteiger partial charge in [-0.25, -0.2) is 0 Å². The first-order chi connectivity index (χ1) is 8.38. The first kappa shape index (κ1) is 12.5. The molecule has 0 aromatic heterocycles. The van der Waals surface area contributed by atoms with Gasteiger partial charge in [-0.3, -0.25) is 0 Å². The Kier molecular flexibility index (Phi) is 4.93. The molecule has 0 nitrogen and oxygen atoms in total. The molecule has 0 N–H and O–H groups in total. The summed E-state index contributed by atoms with van der Waals surface area (Å²) in [6.45, 7) is 0. The van der Waals surface area contributed by atoms with E-state index in [9.17, 15) is 0 Å². The maximum absolute atomic E-state index is 2.29. The quantitative estimate of drug-likeness (QED) is 0.780. The minimum absolute atomic E-state index is 0.413. The van der Waals surface area contributed by atoms with Crippen LogP contribution in [0.15, 0.2) is 64.5 Å². The van der Waals surface area contributed by atoms with Crippen molar-refractivity contribution in [3.8, 4) is 0 Å². The molecule has 0 heterocycles. The van der Waals surface area contributed by atoms with Gasteiger partial charge >= 0.3 is 114 Å². The van der Waals surface area contributed by atoms with Gasteiger partial charge in [0.15, 0.2) is 0 Å². The summed E-state index contributed by atoms with van der Waals surface area (Å²) in [6, 6.07) is 21.2. The number of benzene rings is 2. The van der Waals surface area contributed by atoms with Crippen molar-refractivity contribution in [3.05, 3.63) is 70.0 Å². The third-order valence-corrected chi connectivity index (χ3v) is 5.98. The van der Waals surface area contributed by atoms with Gasteiger partial charge in [-0.2, -0.15) is 0 Å². The average molecular weight is 305 g/mol. The van der Waals surface area contributed by atoms with E-state index >= 15 is 0 Å². The Balaban J connectivity index is 2.15. The second kappa shape index (κ2) is 6.70. The Hall–Kier alpha value is -0.951. The molecule has 0 saturated carbocycles. The van der Waals surface area contributed by atoms with E-state index in [0.29, 0.717) is 15.0 Å². The molecule has 0 saturated heterocycles. The van der Waals surface area contributed by atoms with E-state index < -0.39 is 0 Å². The molecule has 0 radical (unpaired) electrons. The van der Waals surface area contributed by atoms with Crippen molar-refractivity contribution < 1.29 is 0 Å². The Morgan fingerprint density at radius 1 is 0.941 bits per heavy atom. The summed E-state index contributed by atoms with van der Waals surface area (Å²) in [5.74, 6) is 0. The van der Waals surface area contributed by atoms with E-state index in [1.54, 1.807) is 0 Å². The van der Waals surface area contributed by atoms with Crippen molar-refractivity contribution >= 4 is 37.3 Å². The molecule has 0 atom stereocenters. The van der Waals surface area contributed by atoms with Crippen molar-refractivity contribution in [1.29, 1.82) is 0 Å². The molecule has 2 aromatic rings. The van der Waals surface area contributed by atoms with Crippen LogP contribution in [0.5, 0.6) is 0 Å². The van der Waals surface area contributed by atoms with Gasteiger partial charge in [-0.15, -0.1) is 0 Å². The van der Waals surface area contributed by atoms with E-state index in [4.69, 9.17) is 0 Å². The molecule has 2 aromatic carbocycles. The summed E-state index contributed by atoms with van der Waals surface area (Å²) in [4.78, 5) is 0. The third kappa shape index (κ3) is 4.08. The molecule has 0 aliphatic rings. The van der Waals surface area contributed by atoms with Crippen LogP contribution in [0.1, 0.15) is 5.56 Å². The summed E-state index contributed by atoms with van der Waals surface area (Å²) >= 11 is 2.26. The molecule has 2 rings (SSSR count). The number of thioether (sulfide) groups is 1. The fraction of sp³-hybridized carbons (Fsp3) is 0.0667. The second-order valence-electron chi connectivity index (χ2n) is 3.49. The topological polar surface area (TPSA) is 0 Å². The number of hydrogen-bond acceptors (Lipinski definition) is 1. The van der Waals surface area contributed by atoms with E-state index in [0.717, 1.165) is 0 Å². The van der Waals surface area contributed by atoms with Crippen LogP contribution >= 0.6 is 11.8 Å². The Morgan fingerprint density at radius 2 is 1.53 bits per heavy atom. The summed E-state index contributed by atoms with van der Waals surface area (Å²) < 4.78 is 2.88. The van der Waals surface area contributed by atoms with Gasteiger partial charge < -0.3 is 0 Å². The minimum atomic E-state index is 0.413. The molecule has 2 heteroatoms. The van der Waals surface area contributed by atoms with E-state index in [-0.39, 0.29) is 0 Å². The van der Waals surface area contributed by atoms with E-state index in [2.05, 4.69) is 73.0 Å². The molecule has 0 fully saturated rings. The molecule has 0 spiro atoms. The average Bonchev–Trinajstić information content (AvgIpc) is 2.40. The fourth-order valence-corrected chi connectivity index (χ4v) is 4.29. The van der Waals surface area contributed by atoms with E-state index in [1.165, 1.54) is 13.8 Å². The molecule has 0 unspecified atom stereocenters. The van der Waals surface area contributed by atoms with Crippen LogP contribution < -0.4 is 4.46 Å². The summed E-state index contributed by atoms with van der Waals surface area (Å²) in [6.07, 6.45) is 4.44. The molecule has 17 heavy (non-hydrogen) atoms. The van der Waals surface area contributed by atoms with Crippen LogP contribution in [0.2, 0.25) is 0 Å². The Bertz CT molecular complexity index is 477. The van der Waals surface area contributed by atoms with Gasteiger partial charge in [0, 0.05) is 0 Å².